The van der Waals surface area contributed by atoms with Crippen molar-refractivity contribution in [2.45, 2.75) is 33.2 Å². The third kappa shape index (κ3) is 3.76. The molecule has 164 valence electrons. The summed E-state index contributed by atoms with van der Waals surface area (Å²) in [5.41, 5.74) is 6.55. The highest BCUT2D eigenvalue weighted by Gasteiger charge is 2.26. The Labute approximate surface area is 188 Å². The Bertz CT molecular complexity index is 1250. The molecule has 2 heterocycles. The predicted octanol–water partition coefficient (Wildman–Crippen LogP) is 4.26. The molecule has 1 aliphatic rings. The van der Waals surface area contributed by atoms with E-state index in [-0.39, 0.29) is 24.0 Å². The summed E-state index contributed by atoms with van der Waals surface area (Å²) in [6, 6.07) is 12.0. The van der Waals surface area contributed by atoms with E-state index in [2.05, 4.69) is 6.92 Å². The minimum Gasteiger partial charge on any atom is -0.493 e. The highest BCUT2D eigenvalue weighted by Crippen LogP contribution is 2.41. The van der Waals surface area contributed by atoms with Crippen molar-refractivity contribution in [3.8, 4) is 22.8 Å². The summed E-state index contributed by atoms with van der Waals surface area (Å²) in [5, 5.41) is 0. The Balaban J connectivity index is 0.00000272. The number of rotatable bonds is 3. The molecule has 3 aromatic rings. The van der Waals surface area contributed by atoms with Gasteiger partial charge in [-0.15, -0.1) is 12.4 Å². The first-order valence-corrected chi connectivity index (χ1v) is 10.0. The van der Waals surface area contributed by atoms with E-state index in [1.807, 2.05) is 54.8 Å². The molecule has 1 unspecified atom stereocenters. The molecule has 0 radical (unpaired) electrons. The predicted molar refractivity (Wildman–Crippen MR) is 125 cm³/mol. The summed E-state index contributed by atoms with van der Waals surface area (Å²) in [5.74, 6) is 1.51. The lowest BCUT2D eigenvalue weighted by Gasteiger charge is -2.28. The zero-order valence-corrected chi connectivity index (χ0v) is 19.5. The molecule has 1 aromatic heterocycles. The second kappa shape index (κ2) is 8.63. The van der Waals surface area contributed by atoms with Gasteiger partial charge in [0.15, 0.2) is 11.5 Å². The smallest absolute Gasteiger partial charge is 0.329 e. The lowest BCUT2D eigenvalue weighted by Crippen LogP contribution is -2.41. The van der Waals surface area contributed by atoms with Crippen LogP contribution in [-0.4, -0.2) is 23.4 Å². The number of hydrogen-bond acceptors (Lipinski definition) is 4. The van der Waals surface area contributed by atoms with E-state index in [1.54, 1.807) is 25.8 Å². The van der Waals surface area contributed by atoms with Gasteiger partial charge in [0.1, 0.15) is 5.49 Å². The summed E-state index contributed by atoms with van der Waals surface area (Å²) in [6.45, 7) is 6.79. The van der Waals surface area contributed by atoms with Gasteiger partial charge < -0.3 is 9.47 Å². The molecule has 0 spiro atoms. The minimum atomic E-state index is -0.0789. The topological polar surface area (TPSA) is 57.8 Å². The van der Waals surface area contributed by atoms with Crippen LogP contribution in [0.3, 0.4) is 0 Å². The first-order valence-electron chi connectivity index (χ1n) is 10.0. The minimum absolute atomic E-state index is 0. The molecule has 7 heteroatoms. The Hall–Kier alpha value is -2.99. The van der Waals surface area contributed by atoms with E-state index in [4.69, 9.17) is 14.5 Å². The number of hydrogen-bond donors (Lipinski definition) is 0. The highest BCUT2D eigenvalue weighted by atomic mass is 35.5. The van der Waals surface area contributed by atoms with Gasteiger partial charge in [-0.25, -0.2) is 9.79 Å². The van der Waals surface area contributed by atoms with Crippen molar-refractivity contribution in [1.29, 1.82) is 0 Å². The molecule has 31 heavy (non-hydrogen) atoms. The number of aryl methyl sites for hydroxylation is 2. The molecule has 0 saturated heterocycles. The zero-order valence-electron chi connectivity index (χ0n) is 18.7. The van der Waals surface area contributed by atoms with Crippen molar-refractivity contribution < 1.29 is 9.47 Å². The third-order valence-electron chi connectivity index (χ3n) is 5.90. The fourth-order valence-corrected chi connectivity index (χ4v) is 4.18. The van der Waals surface area contributed by atoms with E-state index in [1.165, 1.54) is 0 Å². The number of ether oxygens (including phenoxy) is 2. The lowest BCUT2D eigenvalue weighted by molar-refractivity contribution is 0.354. The summed E-state index contributed by atoms with van der Waals surface area (Å²) >= 11 is 0. The Kier molecular flexibility index (Phi) is 6.32. The van der Waals surface area contributed by atoms with E-state index in [9.17, 15) is 4.79 Å². The molecule has 0 aliphatic carbocycles. The quantitative estimate of drug-likeness (QED) is 0.610. The Morgan fingerprint density at radius 3 is 2.26 bits per heavy atom. The number of nitrogens with zero attached hydrogens (tertiary/aromatic N) is 3. The molecule has 0 saturated carbocycles. The summed E-state index contributed by atoms with van der Waals surface area (Å²) in [6.07, 6.45) is 0. The largest absolute Gasteiger partial charge is 0.493 e. The summed E-state index contributed by atoms with van der Waals surface area (Å²) < 4.78 is 14.5. The number of fused-ring (bicyclic) bond motifs is 3. The zero-order chi connectivity index (χ0) is 21.6. The highest BCUT2D eigenvalue weighted by molar-refractivity contribution is 5.85. The van der Waals surface area contributed by atoms with Gasteiger partial charge in [-0.2, -0.15) is 0 Å². The van der Waals surface area contributed by atoms with Crippen molar-refractivity contribution in [2.24, 2.45) is 12.0 Å². The molecule has 0 bridgehead atoms. The van der Waals surface area contributed by atoms with Gasteiger partial charge in [-0.05, 0) is 42.7 Å². The second-order valence-electron chi connectivity index (χ2n) is 7.89. The van der Waals surface area contributed by atoms with Crippen molar-refractivity contribution >= 4 is 18.1 Å². The van der Waals surface area contributed by atoms with E-state index in [0.29, 0.717) is 23.5 Å². The number of aromatic nitrogens is 2. The average Bonchev–Trinajstić information content (AvgIpc) is 2.74. The van der Waals surface area contributed by atoms with E-state index in [0.717, 1.165) is 33.6 Å². The fourth-order valence-electron chi connectivity index (χ4n) is 4.18. The molecular formula is C24H28ClN3O3. The molecule has 0 amide bonds. The Morgan fingerprint density at radius 1 is 1.03 bits per heavy atom. The third-order valence-corrected chi connectivity index (χ3v) is 5.90. The molecule has 1 atom stereocenters. The van der Waals surface area contributed by atoms with E-state index >= 15 is 0 Å². The average molecular weight is 442 g/mol. The van der Waals surface area contributed by atoms with Gasteiger partial charge in [-0.3, -0.25) is 9.13 Å². The molecule has 0 N–H and O–H groups in total. The maximum Gasteiger partial charge on any atom is 0.329 e. The van der Waals surface area contributed by atoms with Crippen LogP contribution < -0.4 is 20.7 Å². The molecular weight excluding hydrogens is 414 g/mol. The van der Waals surface area contributed by atoms with Gasteiger partial charge >= 0.3 is 5.69 Å². The Morgan fingerprint density at radius 2 is 1.65 bits per heavy atom. The standard InChI is InChI=1S/C24H27N3O3.ClH/c1-14-8-7-9-15(2)23(14)25-22-12-19-18-11-21(30-6)20(29-5)10-17(18)16(3)13-27(19)24(28)26(22)4;/h7-12,16H,13H2,1-6H3;1H. The van der Waals surface area contributed by atoms with Crippen LogP contribution in [0.2, 0.25) is 0 Å². The molecule has 1 aliphatic heterocycles. The van der Waals surface area contributed by atoms with Crippen LogP contribution >= 0.6 is 12.4 Å². The van der Waals surface area contributed by atoms with Crippen LogP contribution in [0.15, 0.2) is 46.2 Å². The van der Waals surface area contributed by atoms with Gasteiger partial charge in [0, 0.05) is 31.1 Å². The molecule has 2 aromatic carbocycles. The number of para-hydroxylation sites is 1. The molecule has 0 fully saturated rings. The number of methoxy groups -OCH3 is 2. The fraction of sp³-hybridized carbons (Fsp3) is 0.333. The normalized spacial score (nSPS) is 15.0. The van der Waals surface area contributed by atoms with Crippen LogP contribution in [-0.2, 0) is 13.6 Å². The van der Waals surface area contributed by atoms with Gasteiger partial charge in [-0.1, -0.05) is 25.1 Å². The summed E-state index contributed by atoms with van der Waals surface area (Å²) in [7, 11) is 5.03. The van der Waals surface area contributed by atoms with E-state index < -0.39 is 0 Å². The van der Waals surface area contributed by atoms with Crippen molar-refractivity contribution in [2.75, 3.05) is 14.2 Å². The van der Waals surface area contributed by atoms with Crippen molar-refractivity contribution in [3.05, 3.63) is 69.1 Å². The molecule has 4 rings (SSSR count). The maximum atomic E-state index is 13.2. The first-order chi connectivity index (χ1) is 14.3. The van der Waals surface area contributed by atoms with Gasteiger partial charge in [0.05, 0.1) is 25.6 Å². The van der Waals surface area contributed by atoms with Crippen molar-refractivity contribution in [1.82, 2.24) is 9.13 Å². The lowest BCUT2D eigenvalue weighted by atomic mass is 9.89. The van der Waals surface area contributed by atoms with Gasteiger partial charge in [0.25, 0.3) is 0 Å². The monoisotopic (exact) mass is 441 g/mol. The first kappa shape index (κ1) is 22.7. The summed E-state index contributed by atoms with van der Waals surface area (Å²) in [4.78, 5) is 18.1. The maximum absolute atomic E-state index is 13.2. The van der Waals surface area contributed by atoms with Crippen LogP contribution in [0, 0.1) is 13.8 Å². The van der Waals surface area contributed by atoms with Gasteiger partial charge in [0.2, 0.25) is 0 Å². The number of benzene rings is 2. The SMILES string of the molecule is COc1cc2c(cc1OC)C(C)Cn1c-2cc(=Nc2c(C)cccc2C)n(C)c1=O.Cl. The molecule has 6 nitrogen and oxygen atoms in total. The van der Waals surface area contributed by atoms with Crippen LogP contribution in [0.5, 0.6) is 11.5 Å². The number of halogens is 1. The van der Waals surface area contributed by atoms with Crippen LogP contribution in [0.4, 0.5) is 5.69 Å². The van der Waals surface area contributed by atoms with Crippen LogP contribution in [0.25, 0.3) is 11.3 Å². The second-order valence-corrected chi connectivity index (χ2v) is 7.89. The van der Waals surface area contributed by atoms with Crippen molar-refractivity contribution in [3.63, 3.8) is 0 Å². The van der Waals surface area contributed by atoms with Crippen LogP contribution in [0.1, 0.15) is 29.5 Å².